The van der Waals surface area contributed by atoms with E-state index >= 15 is 0 Å². The van der Waals surface area contributed by atoms with Gasteiger partial charge in [0.2, 0.25) is 5.91 Å². The number of aromatic nitrogens is 1. The Bertz CT molecular complexity index is 714. The first-order valence-electron chi connectivity index (χ1n) is 8.87. The van der Waals surface area contributed by atoms with Crippen LogP contribution in [0.2, 0.25) is 0 Å². The second-order valence-electron chi connectivity index (χ2n) is 6.83. The molecule has 1 aliphatic rings. The molecule has 1 unspecified atom stereocenters. The van der Waals surface area contributed by atoms with Gasteiger partial charge in [-0.25, -0.2) is 0 Å². The normalized spacial score (nSPS) is 15.0. The van der Waals surface area contributed by atoms with E-state index in [0.717, 1.165) is 23.4 Å². The summed E-state index contributed by atoms with van der Waals surface area (Å²) in [4.78, 5) is 12.3. The summed E-state index contributed by atoms with van der Waals surface area (Å²) in [6, 6.07) is 6.70. The van der Waals surface area contributed by atoms with E-state index in [9.17, 15) is 4.79 Å². The van der Waals surface area contributed by atoms with Crippen LogP contribution in [0.15, 0.2) is 22.7 Å². The molecule has 0 aliphatic heterocycles. The predicted molar refractivity (Wildman–Crippen MR) is 93.9 cm³/mol. The van der Waals surface area contributed by atoms with Crippen molar-refractivity contribution < 1.29 is 9.32 Å². The lowest BCUT2D eigenvalue weighted by Crippen LogP contribution is -2.27. The van der Waals surface area contributed by atoms with Crippen molar-refractivity contribution in [1.82, 2.24) is 10.5 Å². The van der Waals surface area contributed by atoms with Crippen LogP contribution in [0.25, 0.3) is 0 Å². The van der Waals surface area contributed by atoms with Crippen molar-refractivity contribution in [2.75, 3.05) is 0 Å². The van der Waals surface area contributed by atoms with Gasteiger partial charge in [-0.05, 0) is 69.6 Å². The zero-order valence-corrected chi connectivity index (χ0v) is 14.8. The summed E-state index contributed by atoms with van der Waals surface area (Å²) >= 11 is 0. The van der Waals surface area contributed by atoms with Crippen molar-refractivity contribution in [3.05, 3.63) is 51.9 Å². The second kappa shape index (κ2) is 7.20. The third-order valence-corrected chi connectivity index (χ3v) is 5.03. The van der Waals surface area contributed by atoms with Crippen LogP contribution in [0.1, 0.15) is 65.9 Å². The van der Waals surface area contributed by atoms with Gasteiger partial charge in [0, 0.05) is 12.0 Å². The second-order valence-corrected chi connectivity index (χ2v) is 6.83. The summed E-state index contributed by atoms with van der Waals surface area (Å²) in [5, 5.41) is 7.05. The Morgan fingerprint density at radius 2 is 2.00 bits per heavy atom. The summed E-state index contributed by atoms with van der Waals surface area (Å²) in [6.45, 7) is 5.86. The Hall–Kier alpha value is -2.10. The van der Waals surface area contributed by atoms with Crippen molar-refractivity contribution in [1.29, 1.82) is 0 Å². The number of amides is 1. The summed E-state index contributed by atoms with van der Waals surface area (Å²) in [6.07, 6.45) is 6.04. The Balaban J connectivity index is 1.58. The molecule has 4 nitrogen and oxygen atoms in total. The number of benzene rings is 1. The Kier molecular flexibility index (Phi) is 5.03. The third kappa shape index (κ3) is 3.69. The van der Waals surface area contributed by atoms with E-state index in [0.29, 0.717) is 12.8 Å². The fourth-order valence-corrected chi connectivity index (χ4v) is 3.52. The van der Waals surface area contributed by atoms with E-state index < -0.39 is 0 Å². The zero-order chi connectivity index (χ0) is 17.1. The van der Waals surface area contributed by atoms with Gasteiger partial charge in [0.25, 0.3) is 0 Å². The SMILES string of the molecule is Cc1noc(C)c1CCC(=O)NC(C)c1ccc2c(c1)CCCC2. The molecule has 2 aromatic rings. The summed E-state index contributed by atoms with van der Waals surface area (Å²) in [5.41, 5.74) is 6.05. The van der Waals surface area contributed by atoms with Crippen molar-refractivity contribution in [3.63, 3.8) is 0 Å². The number of aryl methyl sites for hydroxylation is 4. The van der Waals surface area contributed by atoms with E-state index in [1.54, 1.807) is 0 Å². The molecule has 3 rings (SSSR count). The van der Waals surface area contributed by atoms with Gasteiger partial charge in [-0.1, -0.05) is 23.4 Å². The van der Waals surface area contributed by atoms with Crippen LogP contribution in [0.4, 0.5) is 0 Å². The summed E-state index contributed by atoms with van der Waals surface area (Å²) in [7, 11) is 0. The number of hydrogen-bond acceptors (Lipinski definition) is 3. The molecule has 1 aromatic heterocycles. The summed E-state index contributed by atoms with van der Waals surface area (Å²) < 4.78 is 5.15. The molecule has 1 aromatic carbocycles. The number of carbonyl (C=O) groups excluding carboxylic acids is 1. The molecule has 1 heterocycles. The van der Waals surface area contributed by atoms with Crippen LogP contribution < -0.4 is 5.32 Å². The molecule has 1 amide bonds. The number of carbonyl (C=O) groups is 1. The van der Waals surface area contributed by atoms with Crippen LogP contribution in [-0.2, 0) is 24.1 Å². The fourth-order valence-electron chi connectivity index (χ4n) is 3.52. The van der Waals surface area contributed by atoms with Crippen LogP contribution in [0.5, 0.6) is 0 Å². The van der Waals surface area contributed by atoms with Crippen LogP contribution >= 0.6 is 0 Å². The van der Waals surface area contributed by atoms with Crippen LogP contribution in [-0.4, -0.2) is 11.1 Å². The predicted octanol–water partition coefficient (Wildman–Crippen LogP) is 3.98. The molecule has 0 bridgehead atoms. The number of nitrogens with zero attached hydrogens (tertiary/aromatic N) is 1. The van der Waals surface area contributed by atoms with E-state index in [2.05, 4.69) is 35.6 Å². The van der Waals surface area contributed by atoms with Gasteiger partial charge in [0.05, 0.1) is 11.7 Å². The molecule has 0 fully saturated rings. The van der Waals surface area contributed by atoms with Gasteiger partial charge in [-0.2, -0.15) is 0 Å². The van der Waals surface area contributed by atoms with Crippen molar-refractivity contribution in [2.24, 2.45) is 0 Å². The monoisotopic (exact) mass is 326 g/mol. The topological polar surface area (TPSA) is 55.1 Å². The lowest BCUT2D eigenvalue weighted by Gasteiger charge is -2.20. The van der Waals surface area contributed by atoms with Gasteiger partial charge < -0.3 is 9.84 Å². The highest BCUT2D eigenvalue weighted by Gasteiger charge is 2.15. The molecule has 1 aliphatic carbocycles. The minimum Gasteiger partial charge on any atom is -0.361 e. The lowest BCUT2D eigenvalue weighted by atomic mass is 9.89. The molecule has 0 saturated carbocycles. The standard InChI is InChI=1S/C20H26N2O2/c1-13(17-9-8-16-6-4-5-7-18(16)12-17)21-20(23)11-10-19-14(2)22-24-15(19)3/h8-9,12-13H,4-7,10-11H2,1-3H3,(H,21,23). The first kappa shape index (κ1) is 16.7. The minimum absolute atomic E-state index is 0.0365. The molecule has 4 heteroatoms. The molecule has 0 saturated heterocycles. The number of fused-ring (bicyclic) bond motifs is 1. The fraction of sp³-hybridized carbons (Fsp3) is 0.500. The first-order chi connectivity index (χ1) is 11.5. The van der Waals surface area contributed by atoms with E-state index in [-0.39, 0.29) is 11.9 Å². The van der Waals surface area contributed by atoms with E-state index in [1.165, 1.54) is 36.0 Å². The molecule has 1 atom stereocenters. The van der Waals surface area contributed by atoms with Crippen LogP contribution in [0, 0.1) is 13.8 Å². The average Bonchev–Trinajstić information content (AvgIpc) is 2.90. The highest BCUT2D eigenvalue weighted by Crippen LogP contribution is 2.25. The maximum atomic E-state index is 12.3. The molecule has 0 radical (unpaired) electrons. The molecule has 128 valence electrons. The molecule has 1 N–H and O–H groups in total. The highest BCUT2D eigenvalue weighted by molar-refractivity contribution is 5.76. The zero-order valence-electron chi connectivity index (χ0n) is 14.8. The first-order valence-corrected chi connectivity index (χ1v) is 8.87. The van der Waals surface area contributed by atoms with E-state index in [1.807, 2.05) is 13.8 Å². The van der Waals surface area contributed by atoms with Gasteiger partial charge in [-0.3, -0.25) is 4.79 Å². The number of hydrogen-bond donors (Lipinski definition) is 1. The smallest absolute Gasteiger partial charge is 0.220 e. The molecule has 24 heavy (non-hydrogen) atoms. The lowest BCUT2D eigenvalue weighted by molar-refractivity contribution is -0.121. The maximum Gasteiger partial charge on any atom is 0.220 e. The van der Waals surface area contributed by atoms with E-state index in [4.69, 9.17) is 4.52 Å². The Morgan fingerprint density at radius 1 is 1.25 bits per heavy atom. The van der Waals surface area contributed by atoms with Gasteiger partial charge >= 0.3 is 0 Å². The Morgan fingerprint density at radius 3 is 2.71 bits per heavy atom. The largest absolute Gasteiger partial charge is 0.361 e. The third-order valence-electron chi connectivity index (χ3n) is 5.03. The highest BCUT2D eigenvalue weighted by atomic mass is 16.5. The number of nitrogens with one attached hydrogen (secondary N) is 1. The molecular formula is C20H26N2O2. The van der Waals surface area contributed by atoms with Crippen LogP contribution in [0.3, 0.4) is 0 Å². The molecule has 0 spiro atoms. The van der Waals surface area contributed by atoms with Gasteiger partial charge in [0.1, 0.15) is 5.76 Å². The minimum atomic E-state index is 0.0365. The van der Waals surface area contributed by atoms with Crippen molar-refractivity contribution >= 4 is 5.91 Å². The van der Waals surface area contributed by atoms with Crippen molar-refractivity contribution in [2.45, 2.75) is 65.3 Å². The quantitative estimate of drug-likeness (QED) is 0.904. The summed E-state index contributed by atoms with van der Waals surface area (Å²) in [5.74, 6) is 0.878. The average molecular weight is 326 g/mol. The Labute approximate surface area is 143 Å². The molecular weight excluding hydrogens is 300 g/mol. The maximum absolute atomic E-state index is 12.3. The van der Waals surface area contributed by atoms with Crippen molar-refractivity contribution in [3.8, 4) is 0 Å². The van der Waals surface area contributed by atoms with Gasteiger partial charge in [0.15, 0.2) is 0 Å². The van der Waals surface area contributed by atoms with Gasteiger partial charge in [-0.15, -0.1) is 0 Å². The number of rotatable bonds is 5.